The number of fused-ring (bicyclic) bond motifs is 19. The number of carbonyl (C=O) groups excluding carboxylic acids is 3. The Morgan fingerprint density at radius 3 is 1.86 bits per heavy atom. The van der Waals surface area contributed by atoms with Crippen LogP contribution in [0.4, 0.5) is 17.2 Å². The van der Waals surface area contributed by atoms with Crippen molar-refractivity contribution in [1.29, 1.82) is 0 Å². The number of nitrogens with zero attached hydrogens (tertiary/aromatic N) is 7. The number of aliphatic hydroxyl groups excluding tert-OH is 1. The molecule has 11 N–H and O–H groups in total. The van der Waals surface area contributed by atoms with E-state index in [-0.39, 0.29) is 69.5 Å². The van der Waals surface area contributed by atoms with Crippen molar-refractivity contribution in [3.63, 3.8) is 0 Å². The Balaban J connectivity index is 0.854. The molecule has 3 amide bonds. The Kier molecular flexibility index (Phi) is 19.5. The van der Waals surface area contributed by atoms with Gasteiger partial charge in [-0.1, -0.05) is 35.5 Å². The minimum Gasteiger partial charge on any atom is -0.756 e. The number of aromatic amines is 2. The second-order valence-corrected chi connectivity index (χ2v) is 29.3. The molecular formula is C63H60IN15O25P2-2. The van der Waals surface area contributed by atoms with E-state index in [4.69, 9.17) is 51.6 Å². The number of nitro benzene ring substituents is 2. The lowest BCUT2D eigenvalue weighted by atomic mass is 10.0. The number of carbonyl (C=O) groups is 3. The highest BCUT2D eigenvalue weighted by Gasteiger charge is 2.72. The summed E-state index contributed by atoms with van der Waals surface area (Å²) in [5.41, 5.74) is 1.25. The van der Waals surface area contributed by atoms with E-state index in [1.54, 1.807) is 23.0 Å². The Labute approximate surface area is 609 Å². The van der Waals surface area contributed by atoms with Crippen LogP contribution in [0.2, 0.25) is 0 Å². The number of nitrogens with two attached hydrogens (primary N) is 2. The van der Waals surface area contributed by atoms with Gasteiger partial charge in [0.1, 0.15) is 118 Å². The van der Waals surface area contributed by atoms with Crippen molar-refractivity contribution in [3.05, 3.63) is 162 Å². The third kappa shape index (κ3) is 14.2. The zero-order valence-electron chi connectivity index (χ0n) is 55.2. The second kappa shape index (κ2) is 28.1. The highest BCUT2D eigenvalue weighted by atomic mass is 127. The number of H-pyrrole nitrogens is 2. The summed E-state index contributed by atoms with van der Waals surface area (Å²) >= 11 is 1.56. The zero-order chi connectivity index (χ0) is 75.3. The van der Waals surface area contributed by atoms with Gasteiger partial charge in [-0.05, 0) is 38.1 Å². The predicted molar refractivity (Wildman–Crippen MR) is 362 cm³/mol. The van der Waals surface area contributed by atoms with E-state index < -0.39 is 224 Å². The lowest BCUT2D eigenvalue weighted by Crippen LogP contribution is -2.53. The molecule has 9 unspecified atom stereocenters. The topological polar surface area (TPSA) is 562 Å². The molecule has 16 rings (SSSR count). The van der Waals surface area contributed by atoms with Gasteiger partial charge < -0.3 is 87.0 Å². The van der Waals surface area contributed by atoms with Gasteiger partial charge in [0.05, 0.1) is 64.2 Å². The van der Waals surface area contributed by atoms with Gasteiger partial charge in [0.2, 0.25) is 11.8 Å². The van der Waals surface area contributed by atoms with Crippen LogP contribution in [0.15, 0.2) is 80.5 Å². The predicted octanol–water partition coefficient (Wildman–Crippen LogP) is -1.36. The van der Waals surface area contributed by atoms with Crippen LogP contribution < -0.4 is 65.0 Å². The van der Waals surface area contributed by atoms with Gasteiger partial charge in [0.25, 0.3) is 44.0 Å². The maximum absolute atomic E-state index is 14.4. The fourth-order valence-electron chi connectivity index (χ4n) is 13.8. The quantitative estimate of drug-likeness (QED) is 0.0323. The van der Waals surface area contributed by atoms with Gasteiger partial charge >= 0.3 is 11.4 Å². The number of aromatic nitrogens is 7. The number of ether oxygens (including phenoxy) is 4. The van der Waals surface area contributed by atoms with E-state index in [9.17, 15) is 77.8 Å². The van der Waals surface area contributed by atoms with Gasteiger partial charge in [0, 0.05) is 98.5 Å². The van der Waals surface area contributed by atoms with E-state index in [0.29, 0.717) is 0 Å². The molecule has 11 heterocycles. The number of halogens is 1. The SMILES string of the molecule is CC1NC(CN)C(=O)NCC2OC(C)c3ccc(cc3[N+](=O)[O-])C#Cc3cn(c(=O)[nH]c3=O)[C@H]3C[C@H](OP(=O)([O-])O[C@@H]4CC45O[C@H](C[C@@H]5O)n4cc(c5c(N)ncnc54)C#Cc4ccc1c([N+](=O)[O-])c4)C1(C[C@H]1OP(=O)([O-])O[C@H]1C[C@@H](OC14C[C@H]4OI)n1cc(c(=O)[nH]c1=O)C#CCNC(=O)CNC2=O)O3. The lowest BCUT2D eigenvalue weighted by molar-refractivity contribution is -0.386. The number of rotatable bonds is 4. The molecule has 0 radical (unpaired) electrons. The van der Waals surface area contributed by atoms with Crippen LogP contribution in [0.3, 0.4) is 0 Å². The molecule has 3 spiro atoms. The summed E-state index contributed by atoms with van der Waals surface area (Å²) < 4.78 is 85.6. The number of anilines is 1. The number of phosphoric ester groups is 2. The molecule has 6 fully saturated rings. The highest BCUT2D eigenvalue weighted by Crippen LogP contribution is 2.66. The van der Waals surface area contributed by atoms with Crippen molar-refractivity contribution in [3.8, 4) is 35.5 Å². The van der Waals surface area contributed by atoms with Crippen LogP contribution in [0.5, 0.6) is 0 Å². The molecule has 106 heavy (non-hydrogen) atoms. The molecule has 7 aliphatic heterocycles. The summed E-state index contributed by atoms with van der Waals surface area (Å²) in [5.74, 6) is 13.3. The number of nitrogens with one attached hydrogen (secondary N) is 6. The number of nitro groups is 2. The number of hydrogen-bond acceptors (Lipinski definition) is 30. The Hall–Kier alpha value is -9.26. The maximum atomic E-state index is 14.4. The first-order valence-corrected chi connectivity index (χ1v) is 36.4. The molecule has 43 heteroatoms. The largest absolute Gasteiger partial charge is 0.756 e. The summed E-state index contributed by atoms with van der Waals surface area (Å²) in [7, 11) is -11.4. The number of phosphoric acid groups is 2. The third-order valence-electron chi connectivity index (χ3n) is 19.5. The molecular weight excluding hydrogens is 1560 g/mol. The first-order valence-electron chi connectivity index (χ1n) is 32.6. The summed E-state index contributed by atoms with van der Waals surface area (Å²) in [6.45, 7) is 0.461. The number of hydrogen-bond donors (Lipinski definition) is 9. The smallest absolute Gasteiger partial charge is 0.330 e. The molecule has 3 aliphatic carbocycles. The lowest BCUT2D eigenvalue weighted by Gasteiger charge is -2.31. The van der Waals surface area contributed by atoms with E-state index in [0.717, 1.165) is 33.9 Å². The Morgan fingerprint density at radius 1 is 0.689 bits per heavy atom. The summed E-state index contributed by atoms with van der Waals surface area (Å²) in [5, 5.41) is 47.9. The van der Waals surface area contributed by atoms with Crippen LogP contribution in [0.1, 0.15) is 122 Å². The third-order valence-corrected chi connectivity index (χ3v) is 22.1. The molecule has 556 valence electrons. The molecule has 3 saturated carbocycles. The van der Waals surface area contributed by atoms with Crippen LogP contribution in [0.25, 0.3) is 11.0 Å². The average molecular weight is 1620 g/mol. The Bertz CT molecular complexity index is 5270. The van der Waals surface area contributed by atoms with Gasteiger partial charge in [-0.2, -0.15) is 0 Å². The standard InChI is InChI=1S/C63H62IN15O25P2/c1-29-36-11-7-31(14-39(36)78(88)89)5-9-33-25-75(54-52(33)53(66)70-28-71-54)49-16-42(80)61(97-49)20-46(61)103-105(92,93)102-44-18-51-77-27-35(56(83)74-60(77)87)10-6-32-8-12-37(40(15-32)79(90)91)30(2)96-41(23-68-57(84)38(22-65)72-29)58(85)69-24-48(81)67-13-3-4-34-26-76(59(86)73-55(34)82)50-17-43(62(98-50)19-45(62)100-64)101-106(94,95)104-47-21-63(44,47)99-51/h7-8,11-12,14-15,25-30,38,41-47,49-51,72,80H,13,16-24,65H2,1-2H3,(H,67,81)(H,68,84)(H,69,85)(H,92,93)(H,94,95)(H2,66,70,71)(H,73,82,86)(H,74,83,87)/p-2/t29?,30?,38?,41?,42-,43-,44-,45+,46+,47+,49+,50+,51+,61?,62?,63?/m0/s1. The molecule has 18 bridgehead atoms. The molecule has 6 aromatic rings. The Morgan fingerprint density at radius 2 is 1.24 bits per heavy atom. The first kappa shape index (κ1) is 73.6. The molecule has 10 aliphatic rings. The van der Waals surface area contributed by atoms with Crippen LogP contribution in [-0.2, 0) is 63.6 Å². The van der Waals surface area contributed by atoms with Crippen molar-refractivity contribution in [2.75, 3.05) is 31.9 Å². The highest BCUT2D eigenvalue weighted by molar-refractivity contribution is 14.1. The minimum absolute atomic E-state index is 0.0124. The summed E-state index contributed by atoms with van der Waals surface area (Å²) in [4.78, 5) is 161. The van der Waals surface area contributed by atoms with Crippen molar-refractivity contribution in [2.24, 2.45) is 5.73 Å². The normalized spacial score (nSPS) is 33.6. The van der Waals surface area contributed by atoms with Crippen molar-refractivity contribution in [1.82, 2.24) is 54.9 Å². The first-order chi connectivity index (χ1) is 50.4. The van der Waals surface area contributed by atoms with Crippen molar-refractivity contribution in [2.45, 2.75) is 149 Å². The van der Waals surface area contributed by atoms with E-state index >= 15 is 0 Å². The van der Waals surface area contributed by atoms with Crippen molar-refractivity contribution < 1.29 is 88.4 Å². The van der Waals surface area contributed by atoms with Gasteiger partial charge in [-0.15, -0.1) is 0 Å². The summed E-state index contributed by atoms with van der Waals surface area (Å²) in [6.07, 6.45) is -13.3. The van der Waals surface area contributed by atoms with E-state index in [1.807, 2.05) is 0 Å². The van der Waals surface area contributed by atoms with E-state index in [1.165, 1.54) is 54.9 Å². The maximum Gasteiger partial charge on any atom is 0.330 e. The fourth-order valence-corrected chi connectivity index (χ4v) is 16.8. The van der Waals surface area contributed by atoms with Crippen LogP contribution in [0, 0.1) is 55.8 Å². The van der Waals surface area contributed by atoms with Crippen molar-refractivity contribution >= 4 is 84.6 Å². The number of nitrogen functional groups attached to an aromatic ring is 1. The second-order valence-electron chi connectivity index (χ2n) is 26.1. The minimum atomic E-state index is -5.71. The number of aliphatic hydroxyl groups is 1. The molecule has 2 aromatic carbocycles. The fraction of sp³-hybridized carbons (Fsp3) is 0.444. The number of amides is 3. The zero-order valence-corrected chi connectivity index (χ0v) is 59.1. The average Bonchev–Trinajstić information content (AvgIpc) is 1.54. The van der Waals surface area contributed by atoms with E-state index in [2.05, 4.69) is 76.7 Å². The monoisotopic (exact) mass is 1620 g/mol. The molecule has 18 atom stereocenters. The van der Waals surface area contributed by atoms with Crippen LogP contribution in [-0.4, -0.2) is 158 Å². The van der Waals surface area contributed by atoms with Crippen LogP contribution >= 0.6 is 38.7 Å². The van der Waals surface area contributed by atoms with Gasteiger partial charge in [-0.25, -0.2) is 19.6 Å². The molecule has 4 aromatic heterocycles. The number of benzene rings is 2. The molecule has 40 nitrogen and oxygen atoms in total. The molecule has 3 saturated heterocycles. The summed E-state index contributed by atoms with van der Waals surface area (Å²) in [6, 6.07) is 5.21. The van der Waals surface area contributed by atoms with Gasteiger partial charge in [0.15, 0.2) is 6.10 Å². The van der Waals surface area contributed by atoms with Gasteiger partial charge in [-0.3, -0.25) is 77.8 Å².